The summed E-state index contributed by atoms with van der Waals surface area (Å²) in [4.78, 5) is 3.71. The summed E-state index contributed by atoms with van der Waals surface area (Å²) in [6.07, 6.45) is 0. The topological polar surface area (TPSA) is 15.8 Å². The Morgan fingerprint density at radius 2 is 1.03 bits per heavy atom. The molecule has 1 heteroatoms. The summed E-state index contributed by atoms with van der Waals surface area (Å²) in [7, 11) is 0. The SMILES string of the molecule is c1ccc(-c2cc(-c3cccc(-c4cccc5ccccc45)c3)c3[nH]c4ccccc4c3c2)cc1. The number of aromatic nitrogens is 1. The van der Waals surface area contributed by atoms with Crippen LogP contribution in [0.2, 0.25) is 0 Å². The second kappa shape index (κ2) is 8.00. The van der Waals surface area contributed by atoms with Crippen LogP contribution in [0.1, 0.15) is 0 Å². The van der Waals surface area contributed by atoms with Crippen LogP contribution in [0.15, 0.2) is 133 Å². The number of aromatic amines is 1. The third-order valence-electron chi connectivity index (χ3n) is 7.00. The number of hydrogen-bond donors (Lipinski definition) is 1. The maximum Gasteiger partial charge on any atom is 0.0544 e. The fourth-order valence-corrected chi connectivity index (χ4v) is 5.31. The molecule has 1 heterocycles. The molecule has 1 aromatic heterocycles. The van der Waals surface area contributed by atoms with Crippen molar-refractivity contribution in [3.8, 4) is 33.4 Å². The summed E-state index contributed by atoms with van der Waals surface area (Å²) in [5, 5.41) is 5.06. The van der Waals surface area contributed by atoms with Crippen molar-refractivity contribution in [2.45, 2.75) is 0 Å². The van der Waals surface area contributed by atoms with Gasteiger partial charge in [0.1, 0.15) is 0 Å². The molecule has 0 radical (unpaired) electrons. The molecular formula is C34H23N. The van der Waals surface area contributed by atoms with E-state index in [1.165, 1.54) is 66.0 Å². The molecule has 0 aliphatic carbocycles. The summed E-state index contributed by atoms with van der Waals surface area (Å²) >= 11 is 0. The van der Waals surface area contributed by atoms with Crippen molar-refractivity contribution in [2.24, 2.45) is 0 Å². The van der Waals surface area contributed by atoms with Gasteiger partial charge in [-0.25, -0.2) is 0 Å². The van der Waals surface area contributed by atoms with E-state index in [1.54, 1.807) is 0 Å². The van der Waals surface area contributed by atoms with Gasteiger partial charge in [-0.3, -0.25) is 0 Å². The summed E-state index contributed by atoms with van der Waals surface area (Å²) in [6, 6.07) is 48.0. The molecule has 6 aromatic carbocycles. The Morgan fingerprint density at radius 1 is 0.371 bits per heavy atom. The van der Waals surface area contributed by atoms with Crippen molar-refractivity contribution in [1.29, 1.82) is 0 Å². The van der Waals surface area contributed by atoms with Gasteiger partial charge in [-0.15, -0.1) is 0 Å². The van der Waals surface area contributed by atoms with Crippen molar-refractivity contribution in [3.63, 3.8) is 0 Å². The number of para-hydroxylation sites is 1. The van der Waals surface area contributed by atoms with E-state index < -0.39 is 0 Å². The minimum absolute atomic E-state index is 1.17. The summed E-state index contributed by atoms with van der Waals surface area (Å²) in [5.41, 5.74) is 9.73. The van der Waals surface area contributed by atoms with E-state index in [1.807, 2.05) is 0 Å². The molecule has 1 nitrogen and oxygen atoms in total. The Kier molecular flexibility index (Phi) is 4.53. The Bertz CT molecular complexity index is 1830. The van der Waals surface area contributed by atoms with Crippen molar-refractivity contribution in [3.05, 3.63) is 133 Å². The minimum Gasteiger partial charge on any atom is -0.354 e. The molecule has 0 aliphatic rings. The monoisotopic (exact) mass is 445 g/mol. The van der Waals surface area contributed by atoms with Gasteiger partial charge in [0.05, 0.1) is 5.52 Å². The van der Waals surface area contributed by atoms with Crippen LogP contribution in [0.25, 0.3) is 66.0 Å². The zero-order valence-electron chi connectivity index (χ0n) is 19.2. The highest BCUT2D eigenvalue weighted by atomic mass is 14.7. The van der Waals surface area contributed by atoms with Gasteiger partial charge in [-0.05, 0) is 62.9 Å². The maximum atomic E-state index is 3.71. The molecule has 0 unspecified atom stereocenters. The highest BCUT2D eigenvalue weighted by Crippen LogP contribution is 2.39. The normalized spacial score (nSPS) is 11.4. The van der Waals surface area contributed by atoms with E-state index in [9.17, 15) is 0 Å². The number of H-pyrrole nitrogens is 1. The average molecular weight is 446 g/mol. The number of rotatable bonds is 3. The Balaban J connectivity index is 1.50. The fraction of sp³-hybridized carbons (Fsp3) is 0. The molecule has 0 aliphatic heterocycles. The van der Waals surface area contributed by atoms with E-state index in [2.05, 4.69) is 138 Å². The van der Waals surface area contributed by atoms with E-state index in [0.717, 1.165) is 0 Å². The molecule has 35 heavy (non-hydrogen) atoms. The third kappa shape index (κ3) is 3.33. The molecule has 0 saturated carbocycles. The predicted octanol–water partition coefficient (Wildman–Crippen LogP) is 9.48. The Morgan fingerprint density at radius 3 is 1.91 bits per heavy atom. The second-order valence-corrected chi connectivity index (χ2v) is 9.09. The summed E-state index contributed by atoms with van der Waals surface area (Å²) in [5.74, 6) is 0. The predicted molar refractivity (Wildman–Crippen MR) is 150 cm³/mol. The quantitative estimate of drug-likeness (QED) is 0.279. The van der Waals surface area contributed by atoms with E-state index in [0.29, 0.717) is 0 Å². The van der Waals surface area contributed by atoms with Crippen LogP contribution in [0, 0.1) is 0 Å². The van der Waals surface area contributed by atoms with Crippen LogP contribution in [0.3, 0.4) is 0 Å². The van der Waals surface area contributed by atoms with Gasteiger partial charge < -0.3 is 4.98 Å². The molecule has 164 valence electrons. The lowest BCUT2D eigenvalue weighted by Crippen LogP contribution is -1.87. The van der Waals surface area contributed by atoms with Crippen molar-refractivity contribution >= 4 is 32.6 Å². The molecule has 0 fully saturated rings. The van der Waals surface area contributed by atoms with Crippen molar-refractivity contribution < 1.29 is 0 Å². The zero-order chi connectivity index (χ0) is 23.2. The standard InChI is InChI=1S/C34H23N/c1-2-10-23(11-3-1)27-21-31(34-32(22-27)30-17-6-7-19-33(30)35-34)26-15-8-14-25(20-26)29-18-9-13-24-12-4-5-16-28(24)29/h1-22,35H. The molecule has 0 spiro atoms. The summed E-state index contributed by atoms with van der Waals surface area (Å²) < 4.78 is 0. The van der Waals surface area contributed by atoms with Crippen molar-refractivity contribution in [1.82, 2.24) is 4.98 Å². The highest BCUT2D eigenvalue weighted by Gasteiger charge is 2.14. The number of benzene rings is 6. The van der Waals surface area contributed by atoms with Gasteiger partial charge in [0.25, 0.3) is 0 Å². The van der Waals surface area contributed by atoms with Gasteiger partial charge >= 0.3 is 0 Å². The number of fused-ring (bicyclic) bond motifs is 4. The fourth-order valence-electron chi connectivity index (χ4n) is 5.31. The van der Waals surface area contributed by atoms with Crippen LogP contribution in [-0.2, 0) is 0 Å². The first-order chi connectivity index (χ1) is 17.3. The van der Waals surface area contributed by atoms with Crippen LogP contribution in [0.5, 0.6) is 0 Å². The number of hydrogen-bond acceptors (Lipinski definition) is 0. The molecule has 7 rings (SSSR count). The molecule has 0 atom stereocenters. The largest absolute Gasteiger partial charge is 0.354 e. The molecule has 0 amide bonds. The van der Waals surface area contributed by atoms with Gasteiger partial charge in [0, 0.05) is 21.9 Å². The first-order valence-corrected chi connectivity index (χ1v) is 12.0. The molecule has 0 bridgehead atoms. The summed E-state index contributed by atoms with van der Waals surface area (Å²) in [6.45, 7) is 0. The highest BCUT2D eigenvalue weighted by molar-refractivity contribution is 6.13. The Labute approximate surface area is 204 Å². The maximum absolute atomic E-state index is 3.71. The number of nitrogens with one attached hydrogen (secondary N) is 1. The zero-order valence-corrected chi connectivity index (χ0v) is 19.2. The van der Waals surface area contributed by atoms with Crippen LogP contribution in [-0.4, -0.2) is 4.98 Å². The Hall–Kier alpha value is -4.62. The third-order valence-corrected chi connectivity index (χ3v) is 7.00. The van der Waals surface area contributed by atoms with Crippen LogP contribution < -0.4 is 0 Å². The first kappa shape index (κ1) is 19.8. The molecule has 0 saturated heterocycles. The van der Waals surface area contributed by atoms with Gasteiger partial charge in [-0.1, -0.05) is 109 Å². The smallest absolute Gasteiger partial charge is 0.0544 e. The minimum atomic E-state index is 1.17. The lowest BCUT2D eigenvalue weighted by molar-refractivity contribution is 1.53. The first-order valence-electron chi connectivity index (χ1n) is 12.0. The second-order valence-electron chi connectivity index (χ2n) is 9.09. The van der Waals surface area contributed by atoms with E-state index >= 15 is 0 Å². The van der Waals surface area contributed by atoms with Gasteiger partial charge in [0.15, 0.2) is 0 Å². The van der Waals surface area contributed by atoms with Crippen LogP contribution >= 0.6 is 0 Å². The van der Waals surface area contributed by atoms with E-state index in [4.69, 9.17) is 0 Å². The van der Waals surface area contributed by atoms with Gasteiger partial charge in [0.2, 0.25) is 0 Å². The van der Waals surface area contributed by atoms with Crippen LogP contribution in [0.4, 0.5) is 0 Å². The molecule has 7 aromatic rings. The lowest BCUT2D eigenvalue weighted by atomic mass is 9.92. The molecular weight excluding hydrogens is 422 g/mol. The average Bonchev–Trinajstić information content (AvgIpc) is 3.31. The lowest BCUT2D eigenvalue weighted by Gasteiger charge is -2.12. The van der Waals surface area contributed by atoms with E-state index in [-0.39, 0.29) is 0 Å². The van der Waals surface area contributed by atoms with Crippen molar-refractivity contribution in [2.75, 3.05) is 0 Å². The van der Waals surface area contributed by atoms with Gasteiger partial charge in [-0.2, -0.15) is 0 Å². The molecule has 1 N–H and O–H groups in total.